The number of benzene rings is 1. The molecule has 0 saturated heterocycles. The van der Waals surface area contributed by atoms with E-state index >= 15 is 0 Å². The fraction of sp³-hybridized carbons (Fsp3) is 0.400. The highest BCUT2D eigenvalue weighted by atomic mass is 14.6. The summed E-state index contributed by atoms with van der Waals surface area (Å²) in [6.45, 7) is 2.13. The zero-order valence-corrected chi connectivity index (χ0v) is 7.46. The van der Waals surface area contributed by atoms with Gasteiger partial charge in [-0.3, -0.25) is 0 Å². The molecule has 0 heterocycles. The van der Waals surface area contributed by atoms with Crippen molar-refractivity contribution >= 4 is 5.69 Å². The van der Waals surface area contributed by atoms with E-state index in [1.54, 1.807) is 0 Å². The quantitative estimate of drug-likeness (QED) is 0.672. The Kier molecular flexibility index (Phi) is 3.11. The van der Waals surface area contributed by atoms with Gasteiger partial charge in [-0.25, -0.2) is 0 Å². The van der Waals surface area contributed by atoms with Crippen molar-refractivity contribution in [2.24, 2.45) is 5.73 Å². The van der Waals surface area contributed by atoms with Crippen molar-refractivity contribution in [2.75, 3.05) is 5.73 Å². The third-order valence-corrected chi connectivity index (χ3v) is 1.94. The summed E-state index contributed by atoms with van der Waals surface area (Å²) >= 11 is 0. The number of nitrogens with two attached hydrogens (primary N) is 2. The van der Waals surface area contributed by atoms with Gasteiger partial charge in [0.1, 0.15) is 0 Å². The zero-order chi connectivity index (χ0) is 8.97. The fourth-order valence-corrected chi connectivity index (χ4v) is 1.27. The molecule has 66 valence electrons. The lowest BCUT2D eigenvalue weighted by Gasteiger charge is -2.10. The second-order valence-corrected chi connectivity index (χ2v) is 3.07. The minimum Gasteiger partial charge on any atom is -0.399 e. The Morgan fingerprint density at radius 2 is 2.17 bits per heavy atom. The van der Waals surface area contributed by atoms with Gasteiger partial charge in [-0.05, 0) is 24.1 Å². The third kappa shape index (κ3) is 2.24. The van der Waals surface area contributed by atoms with Crippen molar-refractivity contribution in [3.63, 3.8) is 0 Å². The number of rotatable bonds is 3. The molecule has 0 saturated carbocycles. The molecule has 0 aromatic heterocycles. The smallest absolute Gasteiger partial charge is 0.0317 e. The molecule has 1 atom stereocenters. The first-order valence-corrected chi connectivity index (χ1v) is 4.35. The summed E-state index contributed by atoms with van der Waals surface area (Å²) in [5, 5.41) is 0. The van der Waals surface area contributed by atoms with Crippen LogP contribution in [0.5, 0.6) is 0 Å². The van der Waals surface area contributed by atoms with E-state index in [-0.39, 0.29) is 6.04 Å². The van der Waals surface area contributed by atoms with Crippen LogP contribution in [0.25, 0.3) is 0 Å². The van der Waals surface area contributed by atoms with Gasteiger partial charge in [0, 0.05) is 11.7 Å². The van der Waals surface area contributed by atoms with Crippen LogP contribution in [0.1, 0.15) is 31.4 Å². The summed E-state index contributed by atoms with van der Waals surface area (Å²) in [4.78, 5) is 0. The molecule has 0 aliphatic rings. The van der Waals surface area contributed by atoms with Crippen molar-refractivity contribution in [3.8, 4) is 0 Å². The average molecular weight is 164 g/mol. The first-order valence-electron chi connectivity index (χ1n) is 4.35. The maximum Gasteiger partial charge on any atom is 0.0317 e. The topological polar surface area (TPSA) is 52.0 Å². The molecule has 0 unspecified atom stereocenters. The van der Waals surface area contributed by atoms with Crippen molar-refractivity contribution in [1.82, 2.24) is 0 Å². The lowest BCUT2D eigenvalue weighted by molar-refractivity contribution is 0.639. The second kappa shape index (κ2) is 4.12. The van der Waals surface area contributed by atoms with Gasteiger partial charge in [0.2, 0.25) is 0 Å². The van der Waals surface area contributed by atoms with Crippen LogP contribution in [-0.2, 0) is 0 Å². The monoisotopic (exact) mass is 164 g/mol. The summed E-state index contributed by atoms with van der Waals surface area (Å²) in [7, 11) is 0. The SMILES string of the molecule is CCC[C@H](N)c1cccc(N)c1. The lowest BCUT2D eigenvalue weighted by Crippen LogP contribution is -2.09. The maximum atomic E-state index is 5.92. The summed E-state index contributed by atoms with van der Waals surface area (Å²) < 4.78 is 0. The molecular formula is C10H16N2. The molecule has 0 spiro atoms. The van der Waals surface area contributed by atoms with E-state index in [1.165, 1.54) is 0 Å². The van der Waals surface area contributed by atoms with E-state index in [2.05, 4.69) is 6.92 Å². The van der Waals surface area contributed by atoms with Gasteiger partial charge in [-0.15, -0.1) is 0 Å². The standard InChI is InChI=1S/C10H16N2/c1-2-4-10(12)8-5-3-6-9(11)7-8/h3,5-7,10H,2,4,11-12H2,1H3/t10-/m0/s1. The third-order valence-electron chi connectivity index (χ3n) is 1.94. The van der Waals surface area contributed by atoms with Crippen molar-refractivity contribution in [3.05, 3.63) is 29.8 Å². The highest BCUT2D eigenvalue weighted by molar-refractivity contribution is 5.41. The van der Waals surface area contributed by atoms with Gasteiger partial charge in [0.05, 0.1) is 0 Å². The van der Waals surface area contributed by atoms with Gasteiger partial charge < -0.3 is 11.5 Å². The van der Waals surface area contributed by atoms with Crippen LogP contribution in [0.4, 0.5) is 5.69 Å². The molecule has 12 heavy (non-hydrogen) atoms. The highest BCUT2D eigenvalue weighted by Gasteiger charge is 2.03. The van der Waals surface area contributed by atoms with Crippen molar-refractivity contribution < 1.29 is 0 Å². The number of nitrogen functional groups attached to an aromatic ring is 1. The molecule has 0 bridgehead atoms. The second-order valence-electron chi connectivity index (χ2n) is 3.07. The molecule has 0 aliphatic carbocycles. The largest absolute Gasteiger partial charge is 0.399 e. The lowest BCUT2D eigenvalue weighted by atomic mass is 10.0. The number of hydrogen-bond acceptors (Lipinski definition) is 2. The van der Waals surface area contributed by atoms with Crippen molar-refractivity contribution in [2.45, 2.75) is 25.8 Å². The van der Waals surface area contributed by atoms with Crippen LogP contribution in [0, 0.1) is 0 Å². The predicted octanol–water partition coefficient (Wildman–Crippen LogP) is 2.07. The molecule has 2 heteroatoms. The molecule has 1 aromatic rings. The van der Waals surface area contributed by atoms with Gasteiger partial charge >= 0.3 is 0 Å². The number of hydrogen-bond donors (Lipinski definition) is 2. The van der Waals surface area contributed by atoms with Crippen LogP contribution in [0.15, 0.2) is 24.3 Å². The summed E-state index contributed by atoms with van der Waals surface area (Å²) in [5.41, 5.74) is 13.5. The first-order chi connectivity index (χ1) is 5.74. The van der Waals surface area contributed by atoms with Gasteiger partial charge in [0.15, 0.2) is 0 Å². The molecule has 0 fully saturated rings. The highest BCUT2D eigenvalue weighted by Crippen LogP contribution is 2.17. The maximum absolute atomic E-state index is 5.92. The van der Waals surface area contributed by atoms with Crippen LogP contribution in [0.3, 0.4) is 0 Å². The average Bonchev–Trinajstić information content (AvgIpc) is 2.05. The molecule has 1 rings (SSSR count). The fourth-order valence-electron chi connectivity index (χ4n) is 1.27. The van der Waals surface area contributed by atoms with Gasteiger partial charge in [-0.1, -0.05) is 25.5 Å². The van der Waals surface area contributed by atoms with E-state index in [4.69, 9.17) is 11.5 Å². The van der Waals surface area contributed by atoms with Crippen LogP contribution in [0.2, 0.25) is 0 Å². The molecule has 1 aromatic carbocycles. The molecule has 0 aliphatic heterocycles. The summed E-state index contributed by atoms with van der Waals surface area (Å²) in [5.74, 6) is 0. The Balaban J connectivity index is 2.73. The Labute approximate surface area is 73.6 Å². The van der Waals surface area contributed by atoms with E-state index in [1.807, 2.05) is 24.3 Å². The first kappa shape index (κ1) is 9.07. The predicted molar refractivity (Wildman–Crippen MR) is 52.7 cm³/mol. The minimum absolute atomic E-state index is 0.137. The summed E-state index contributed by atoms with van der Waals surface area (Å²) in [6.07, 6.45) is 2.12. The van der Waals surface area contributed by atoms with E-state index in [9.17, 15) is 0 Å². The normalized spacial score (nSPS) is 12.8. The van der Waals surface area contributed by atoms with Crippen LogP contribution >= 0.6 is 0 Å². The summed E-state index contributed by atoms with van der Waals surface area (Å²) in [6, 6.07) is 7.93. The van der Waals surface area contributed by atoms with E-state index in [0.29, 0.717) is 0 Å². The molecule has 4 N–H and O–H groups in total. The molecule has 0 amide bonds. The minimum atomic E-state index is 0.137. The Morgan fingerprint density at radius 3 is 2.75 bits per heavy atom. The van der Waals surface area contributed by atoms with Gasteiger partial charge in [0.25, 0.3) is 0 Å². The molecule has 2 nitrogen and oxygen atoms in total. The van der Waals surface area contributed by atoms with E-state index < -0.39 is 0 Å². The zero-order valence-electron chi connectivity index (χ0n) is 7.46. The Hall–Kier alpha value is -1.02. The molecular weight excluding hydrogens is 148 g/mol. The number of anilines is 1. The van der Waals surface area contributed by atoms with Crippen LogP contribution < -0.4 is 11.5 Å². The van der Waals surface area contributed by atoms with E-state index in [0.717, 1.165) is 24.1 Å². The van der Waals surface area contributed by atoms with Gasteiger partial charge in [-0.2, -0.15) is 0 Å². The Bertz CT molecular complexity index is 245. The van der Waals surface area contributed by atoms with Crippen LogP contribution in [-0.4, -0.2) is 0 Å². The Morgan fingerprint density at radius 1 is 1.42 bits per heavy atom. The molecule has 0 radical (unpaired) electrons. The van der Waals surface area contributed by atoms with Crippen molar-refractivity contribution in [1.29, 1.82) is 0 Å².